The number of rotatable bonds is 4. The predicted octanol–water partition coefficient (Wildman–Crippen LogP) is 2.38. The molecule has 4 heteroatoms. The molecule has 2 atom stereocenters. The summed E-state index contributed by atoms with van der Waals surface area (Å²) in [6.45, 7) is 2.24. The third kappa shape index (κ3) is 3.78. The Morgan fingerprint density at radius 2 is 1.33 bits per heavy atom. The van der Waals surface area contributed by atoms with E-state index in [1.165, 1.54) is 12.8 Å². The Hall–Kier alpha value is -1.06. The number of carbonyl (C=O) groups excluding carboxylic acids is 2. The monoisotopic (exact) mass is 292 g/mol. The Morgan fingerprint density at radius 3 is 1.86 bits per heavy atom. The van der Waals surface area contributed by atoms with E-state index in [2.05, 4.69) is 17.6 Å². The fraction of sp³-hybridized carbons (Fsp3) is 0.882. The highest BCUT2D eigenvalue weighted by molar-refractivity contribution is 5.81. The van der Waals surface area contributed by atoms with Crippen LogP contribution < -0.4 is 10.6 Å². The molecule has 3 rings (SSSR count). The van der Waals surface area contributed by atoms with E-state index >= 15 is 0 Å². The Labute approximate surface area is 127 Å². The first kappa shape index (κ1) is 14.9. The molecule has 0 aromatic carbocycles. The van der Waals surface area contributed by atoms with E-state index in [0.29, 0.717) is 18.0 Å². The van der Waals surface area contributed by atoms with Crippen LogP contribution >= 0.6 is 0 Å². The lowest BCUT2D eigenvalue weighted by molar-refractivity contribution is -0.127. The van der Waals surface area contributed by atoms with E-state index in [1.807, 2.05) is 0 Å². The van der Waals surface area contributed by atoms with E-state index in [1.54, 1.807) is 0 Å². The van der Waals surface area contributed by atoms with Crippen LogP contribution in [0.25, 0.3) is 0 Å². The topological polar surface area (TPSA) is 58.2 Å². The molecule has 3 fully saturated rings. The van der Waals surface area contributed by atoms with Crippen LogP contribution in [0, 0.1) is 17.8 Å². The Balaban J connectivity index is 1.40. The number of hydrogen-bond acceptors (Lipinski definition) is 2. The zero-order chi connectivity index (χ0) is 14.8. The van der Waals surface area contributed by atoms with Crippen molar-refractivity contribution >= 4 is 11.8 Å². The van der Waals surface area contributed by atoms with Gasteiger partial charge in [-0.2, -0.15) is 0 Å². The molecule has 2 amide bonds. The molecule has 0 spiro atoms. The molecule has 0 saturated heterocycles. The molecule has 0 bridgehead atoms. The molecular weight excluding hydrogens is 264 g/mol. The second-order valence-electron chi connectivity index (χ2n) is 7.35. The molecule has 4 nitrogen and oxygen atoms in total. The highest BCUT2D eigenvalue weighted by Gasteiger charge is 2.34. The maximum absolute atomic E-state index is 12.3. The first-order valence-corrected chi connectivity index (χ1v) is 8.74. The van der Waals surface area contributed by atoms with Crippen molar-refractivity contribution in [2.24, 2.45) is 17.8 Å². The molecule has 2 N–H and O–H groups in total. The summed E-state index contributed by atoms with van der Waals surface area (Å²) in [6.07, 6.45) is 9.49. The lowest BCUT2D eigenvalue weighted by Gasteiger charge is -2.29. The minimum atomic E-state index is 0.159. The summed E-state index contributed by atoms with van der Waals surface area (Å²) in [5.41, 5.74) is 0. The standard InChI is InChI=1S/C17H28N2O2/c1-11-3-2-4-15(11)19-17(21)13-7-9-14(10-8-13)18-16(20)12-5-6-12/h11-15H,2-10H2,1H3,(H,18,20)(H,19,21). The lowest BCUT2D eigenvalue weighted by Crippen LogP contribution is -2.44. The van der Waals surface area contributed by atoms with Crippen molar-refractivity contribution in [3.05, 3.63) is 0 Å². The Bertz CT molecular complexity index is 398. The first-order chi connectivity index (χ1) is 10.1. The maximum atomic E-state index is 12.3. The molecule has 21 heavy (non-hydrogen) atoms. The Morgan fingerprint density at radius 1 is 0.762 bits per heavy atom. The Kier molecular flexibility index (Phi) is 4.51. The van der Waals surface area contributed by atoms with Crippen LogP contribution in [0.4, 0.5) is 0 Å². The van der Waals surface area contributed by atoms with Crippen LogP contribution in [0.2, 0.25) is 0 Å². The number of amides is 2. The number of hydrogen-bond donors (Lipinski definition) is 2. The maximum Gasteiger partial charge on any atom is 0.223 e. The van der Waals surface area contributed by atoms with E-state index in [0.717, 1.165) is 44.9 Å². The summed E-state index contributed by atoms with van der Waals surface area (Å²) in [7, 11) is 0. The molecular formula is C17H28N2O2. The van der Waals surface area contributed by atoms with Gasteiger partial charge < -0.3 is 10.6 Å². The van der Waals surface area contributed by atoms with Crippen LogP contribution in [-0.2, 0) is 9.59 Å². The average Bonchev–Trinajstić information content (AvgIpc) is 3.25. The van der Waals surface area contributed by atoms with Crippen molar-refractivity contribution < 1.29 is 9.59 Å². The highest BCUT2D eigenvalue weighted by Crippen LogP contribution is 2.31. The molecule has 3 aliphatic carbocycles. The fourth-order valence-electron chi connectivity index (χ4n) is 3.82. The van der Waals surface area contributed by atoms with Crippen molar-refractivity contribution in [3.63, 3.8) is 0 Å². The minimum Gasteiger partial charge on any atom is -0.353 e. The van der Waals surface area contributed by atoms with Gasteiger partial charge in [-0.1, -0.05) is 13.3 Å². The molecule has 3 aliphatic rings. The zero-order valence-electron chi connectivity index (χ0n) is 13.1. The SMILES string of the molecule is CC1CCCC1NC(=O)C1CCC(NC(=O)C2CC2)CC1. The third-order valence-electron chi connectivity index (χ3n) is 5.58. The normalized spacial score (nSPS) is 36.2. The van der Waals surface area contributed by atoms with Crippen molar-refractivity contribution in [3.8, 4) is 0 Å². The van der Waals surface area contributed by atoms with Crippen molar-refractivity contribution in [1.29, 1.82) is 0 Å². The lowest BCUT2D eigenvalue weighted by atomic mass is 9.85. The average molecular weight is 292 g/mol. The summed E-state index contributed by atoms with van der Waals surface area (Å²) in [5.74, 6) is 1.56. The van der Waals surface area contributed by atoms with Crippen molar-refractivity contribution in [1.82, 2.24) is 10.6 Å². The van der Waals surface area contributed by atoms with Gasteiger partial charge in [0.05, 0.1) is 0 Å². The summed E-state index contributed by atoms with van der Waals surface area (Å²) in [6, 6.07) is 0.692. The van der Waals surface area contributed by atoms with Crippen LogP contribution in [-0.4, -0.2) is 23.9 Å². The molecule has 118 valence electrons. The quantitative estimate of drug-likeness (QED) is 0.836. The molecule has 0 aliphatic heterocycles. The van der Waals surface area contributed by atoms with Crippen LogP contribution in [0.1, 0.15) is 64.7 Å². The predicted molar refractivity (Wildman–Crippen MR) is 81.6 cm³/mol. The number of carbonyl (C=O) groups is 2. The van der Waals surface area contributed by atoms with Gasteiger partial charge in [0.1, 0.15) is 0 Å². The van der Waals surface area contributed by atoms with E-state index in [-0.39, 0.29) is 23.7 Å². The summed E-state index contributed by atoms with van der Waals surface area (Å²) >= 11 is 0. The van der Waals surface area contributed by atoms with Gasteiger partial charge >= 0.3 is 0 Å². The third-order valence-corrected chi connectivity index (χ3v) is 5.58. The second kappa shape index (κ2) is 6.37. The summed E-state index contributed by atoms with van der Waals surface area (Å²) in [4.78, 5) is 24.1. The molecule has 0 aromatic rings. The van der Waals surface area contributed by atoms with Crippen LogP contribution in [0.3, 0.4) is 0 Å². The molecule has 0 radical (unpaired) electrons. The van der Waals surface area contributed by atoms with E-state index < -0.39 is 0 Å². The first-order valence-electron chi connectivity index (χ1n) is 8.74. The van der Waals surface area contributed by atoms with Crippen LogP contribution in [0.15, 0.2) is 0 Å². The van der Waals surface area contributed by atoms with Crippen molar-refractivity contribution in [2.45, 2.75) is 76.8 Å². The smallest absolute Gasteiger partial charge is 0.223 e. The largest absolute Gasteiger partial charge is 0.353 e. The fourth-order valence-corrected chi connectivity index (χ4v) is 3.82. The molecule has 0 aromatic heterocycles. The summed E-state index contributed by atoms with van der Waals surface area (Å²) < 4.78 is 0. The number of nitrogens with one attached hydrogen (secondary N) is 2. The van der Waals surface area contributed by atoms with Gasteiger partial charge in [0.2, 0.25) is 11.8 Å². The van der Waals surface area contributed by atoms with Gasteiger partial charge in [-0.05, 0) is 57.3 Å². The van der Waals surface area contributed by atoms with Crippen LogP contribution in [0.5, 0.6) is 0 Å². The molecule has 2 unspecified atom stereocenters. The van der Waals surface area contributed by atoms with Crippen molar-refractivity contribution in [2.75, 3.05) is 0 Å². The zero-order valence-corrected chi connectivity index (χ0v) is 13.1. The van der Waals surface area contributed by atoms with Gasteiger partial charge in [-0.3, -0.25) is 9.59 Å². The van der Waals surface area contributed by atoms with Gasteiger partial charge in [0.25, 0.3) is 0 Å². The van der Waals surface area contributed by atoms with Gasteiger partial charge in [0.15, 0.2) is 0 Å². The van der Waals surface area contributed by atoms with Gasteiger partial charge in [-0.25, -0.2) is 0 Å². The van der Waals surface area contributed by atoms with Gasteiger partial charge in [0, 0.05) is 23.9 Å². The van der Waals surface area contributed by atoms with E-state index in [4.69, 9.17) is 0 Å². The second-order valence-corrected chi connectivity index (χ2v) is 7.35. The van der Waals surface area contributed by atoms with Gasteiger partial charge in [-0.15, -0.1) is 0 Å². The molecule has 0 heterocycles. The van der Waals surface area contributed by atoms with E-state index in [9.17, 15) is 9.59 Å². The highest BCUT2D eigenvalue weighted by atomic mass is 16.2. The minimum absolute atomic E-state index is 0.159. The summed E-state index contributed by atoms with van der Waals surface area (Å²) in [5, 5.41) is 6.41. The molecule has 3 saturated carbocycles.